The van der Waals surface area contributed by atoms with Crippen LogP contribution in [0.2, 0.25) is 0 Å². The Hall–Kier alpha value is -1.39. The molecule has 0 saturated heterocycles. The molecule has 1 rings (SSSR count). The number of hydrogen-bond donors (Lipinski definition) is 2. The molecule has 0 aromatic heterocycles. The van der Waals surface area contributed by atoms with Gasteiger partial charge in [0.05, 0.1) is 0 Å². The van der Waals surface area contributed by atoms with Crippen LogP contribution in [0.1, 0.15) is 39.2 Å². The number of carbonyl (C=O) groups is 1. The molecule has 0 bridgehead atoms. The zero-order chi connectivity index (χ0) is 15.7. The van der Waals surface area contributed by atoms with Crippen molar-refractivity contribution in [1.29, 1.82) is 0 Å². The van der Waals surface area contributed by atoms with Crippen molar-refractivity contribution in [3.63, 3.8) is 0 Å². The van der Waals surface area contributed by atoms with Gasteiger partial charge in [-0.3, -0.25) is 5.32 Å². The maximum atomic E-state index is 12.0. The van der Waals surface area contributed by atoms with Gasteiger partial charge in [-0.05, 0) is 38.0 Å². The Kier molecular flexibility index (Phi) is 7.40. The predicted octanol–water partition coefficient (Wildman–Crippen LogP) is 2.70. The van der Waals surface area contributed by atoms with Crippen molar-refractivity contribution < 1.29 is 9.90 Å². The van der Waals surface area contributed by atoms with Gasteiger partial charge in [0.2, 0.25) is 0 Å². The fourth-order valence-electron chi connectivity index (χ4n) is 2.57. The van der Waals surface area contributed by atoms with Crippen LogP contribution in [0.25, 0.3) is 0 Å². The number of carboxylic acid groups (broad SMARTS) is 1. The van der Waals surface area contributed by atoms with Crippen molar-refractivity contribution in [2.24, 2.45) is 0 Å². The highest BCUT2D eigenvalue weighted by atomic mass is 16.4. The molecule has 1 atom stereocenters. The number of carboxylic acids is 1. The third-order valence-corrected chi connectivity index (χ3v) is 4.01. The summed E-state index contributed by atoms with van der Waals surface area (Å²) >= 11 is 0. The van der Waals surface area contributed by atoms with Crippen molar-refractivity contribution in [3.05, 3.63) is 35.9 Å². The third-order valence-electron chi connectivity index (χ3n) is 4.01. The van der Waals surface area contributed by atoms with E-state index in [9.17, 15) is 9.90 Å². The van der Waals surface area contributed by atoms with Crippen LogP contribution in [0.4, 0.5) is 0 Å². The Morgan fingerprint density at radius 3 is 2.29 bits per heavy atom. The van der Waals surface area contributed by atoms with E-state index >= 15 is 0 Å². The summed E-state index contributed by atoms with van der Waals surface area (Å²) in [5.74, 6) is -0.797. The third kappa shape index (κ3) is 4.55. The van der Waals surface area contributed by atoms with Crippen molar-refractivity contribution >= 4 is 5.97 Å². The minimum atomic E-state index is -1.00. The summed E-state index contributed by atoms with van der Waals surface area (Å²) in [6, 6.07) is 9.52. The lowest BCUT2D eigenvalue weighted by atomic mass is 9.86. The zero-order valence-electron chi connectivity index (χ0n) is 13.4. The maximum absolute atomic E-state index is 12.0. The molecule has 0 radical (unpaired) electrons. The van der Waals surface area contributed by atoms with Crippen molar-refractivity contribution in [1.82, 2.24) is 10.2 Å². The Balaban J connectivity index is 3.04. The molecule has 4 nitrogen and oxygen atoms in total. The number of nitrogens with one attached hydrogen (secondary N) is 1. The highest BCUT2D eigenvalue weighted by Crippen LogP contribution is 2.26. The van der Waals surface area contributed by atoms with Gasteiger partial charge in [-0.15, -0.1) is 0 Å². The first-order valence-electron chi connectivity index (χ1n) is 7.87. The molecule has 4 heteroatoms. The van der Waals surface area contributed by atoms with E-state index in [0.29, 0.717) is 13.0 Å². The predicted molar refractivity (Wildman–Crippen MR) is 86.5 cm³/mol. The molecule has 118 valence electrons. The number of nitrogens with zero attached hydrogens (tertiary/aromatic N) is 1. The largest absolute Gasteiger partial charge is 0.480 e. The molecule has 0 aliphatic rings. The SMILES string of the molecule is CCCNC(CCN(CC)CC)(C(=O)O)c1ccccc1. The quantitative estimate of drug-likeness (QED) is 0.696. The smallest absolute Gasteiger partial charge is 0.328 e. The first-order chi connectivity index (χ1) is 10.1. The van der Waals surface area contributed by atoms with Crippen LogP contribution in [-0.4, -0.2) is 42.2 Å². The number of rotatable bonds is 10. The van der Waals surface area contributed by atoms with Crippen LogP contribution in [0.3, 0.4) is 0 Å². The number of benzene rings is 1. The molecule has 0 fully saturated rings. The fourth-order valence-corrected chi connectivity index (χ4v) is 2.57. The second-order valence-corrected chi connectivity index (χ2v) is 5.28. The molecule has 0 aliphatic carbocycles. The second kappa shape index (κ2) is 8.80. The van der Waals surface area contributed by atoms with Crippen LogP contribution in [0.5, 0.6) is 0 Å². The van der Waals surface area contributed by atoms with Gasteiger partial charge >= 0.3 is 5.97 Å². The molecular weight excluding hydrogens is 264 g/mol. The summed E-state index contributed by atoms with van der Waals surface area (Å²) in [6.07, 6.45) is 1.47. The molecule has 2 N–H and O–H groups in total. The molecule has 0 saturated carbocycles. The molecule has 0 heterocycles. The molecule has 1 aromatic rings. The van der Waals surface area contributed by atoms with Crippen molar-refractivity contribution in [2.45, 2.75) is 39.2 Å². The Labute approximate surface area is 128 Å². The molecule has 0 amide bonds. The fraction of sp³-hybridized carbons (Fsp3) is 0.588. The van der Waals surface area contributed by atoms with Gasteiger partial charge in [0.25, 0.3) is 0 Å². The molecule has 0 spiro atoms. The zero-order valence-corrected chi connectivity index (χ0v) is 13.4. The van der Waals surface area contributed by atoms with E-state index in [0.717, 1.165) is 31.6 Å². The highest BCUT2D eigenvalue weighted by Gasteiger charge is 2.39. The topological polar surface area (TPSA) is 52.6 Å². The van der Waals surface area contributed by atoms with Gasteiger partial charge in [-0.25, -0.2) is 4.79 Å². The number of aliphatic carboxylic acids is 1. The summed E-state index contributed by atoms with van der Waals surface area (Å²) in [7, 11) is 0. The Morgan fingerprint density at radius 1 is 1.19 bits per heavy atom. The maximum Gasteiger partial charge on any atom is 0.328 e. The highest BCUT2D eigenvalue weighted by molar-refractivity contribution is 5.80. The average molecular weight is 292 g/mol. The normalized spacial score (nSPS) is 14.1. The molecule has 1 aromatic carbocycles. The van der Waals surface area contributed by atoms with Gasteiger partial charge in [0, 0.05) is 6.54 Å². The summed E-state index contributed by atoms with van der Waals surface area (Å²) in [4.78, 5) is 14.3. The van der Waals surface area contributed by atoms with Crippen LogP contribution in [0, 0.1) is 0 Å². The van der Waals surface area contributed by atoms with Gasteiger partial charge in [-0.1, -0.05) is 51.1 Å². The summed E-state index contributed by atoms with van der Waals surface area (Å²) in [5.41, 5.74) is -0.169. The molecule has 21 heavy (non-hydrogen) atoms. The van der Waals surface area contributed by atoms with Crippen molar-refractivity contribution in [2.75, 3.05) is 26.2 Å². The average Bonchev–Trinajstić information content (AvgIpc) is 2.52. The van der Waals surface area contributed by atoms with Crippen LogP contribution in [0.15, 0.2) is 30.3 Å². The van der Waals surface area contributed by atoms with Gasteiger partial charge in [0.15, 0.2) is 0 Å². The van der Waals surface area contributed by atoms with E-state index in [2.05, 4.69) is 31.0 Å². The lowest BCUT2D eigenvalue weighted by molar-refractivity contribution is -0.146. The minimum Gasteiger partial charge on any atom is -0.480 e. The number of hydrogen-bond acceptors (Lipinski definition) is 3. The first kappa shape index (κ1) is 17.7. The van der Waals surface area contributed by atoms with Crippen LogP contribution >= 0.6 is 0 Å². The van der Waals surface area contributed by atoms with Gasteiger partial charge in [0.1, 0.15) is 5.54 Å². The lowest BCUT2D eigenvalue weighted by Crippen LogP contribution is -2.51. The first-order valence-corrected chi connectivity index (χ1v) is 7.87. The van der Waals surface area contributed by atoms with E-state index in [1.165, 1.54) is 0 Å². The molecular formula is C17H28N2O2. The lowest BCUT2D eigenvalue weighted by Gasteiger charge is -2.33. The van der Waals surface area contributed by atoms with E-state index in [1.54, 1.807) is 0 Å². The molecule has 1 unspecified atom stereocenters. The van der Waals surface area contributed by atoms with Crippen molar-refractivity contribution in [3.8, 4) is 0 Å². The molecule has 0 aliphatic heterocycles. The second-order valence-electron chi connectivity index (χ2n) is 5.28. The standard InChI is InChI=1S/C17H28N2O2/c1-4-13-18-17(16(20)21,12-14-19(5-2)6-3)15-10-8-7-9-11-15/h7-11,18H,4-6,12-14H2,1-3H3,(H,20,21). The summed E-state index contributed by atoms with van der Waals surface area (Å²) < 4.78 is 0. The van der Waals surface area contributed by atoms with Gasteiger partial charge in [-0.2, -0.15) is 0 Å². The van der Waals surface area contributed by atoms with E-state index in [1.807, 2.05) is 30.3 Å². The summed E-state index contributed by atoms with van der Waals surface area (Å²) in [5, 5.41) is 13.2. The Bertz CT molecular complexity index is 418. The van der Waals surface area contributed by atoms with E-state index in [4.69, 9.17) is 0 Å². The van der Waals surface area contributed by atoms with Gasteiger partial charge < -0.3 is 10.0 Å². The van der Waals surface area contributed by atoms with Crippen LogP contribution in [-0.2, 0) is 10.3 Å². The Morgan fingerprint density at radius 2 is 1.81 bits per heavy atom. The summed E-state index contributed by atoms with van der Waals surface area (Å²) in [6.45, 7) is 9.60. The monoisotopic (exact) mass is 292 g/mol. The van der Waals surface area contributed by atoms with E-state index in [-0.39, 0.29) is 0 Å². The van der Waals surface area contributed by atoms with Crippen LogP contribution < -0.4 is 5.32 Å². The minimum absolute atomic E-state index is 0.564. The van der Waals surface area contributed by atoms with E-state index < -0.39 is 11.5 Å².